The molecule has 7 nitrogen and oxygen atoms in total. The number of rotatable bonds is 4. The van der Waals surface area contributed by atoms with Crippen LogP contribution in [0, 0.1) is 0 Å². The molecule has 3 rings (SSSR count). The first-order valence-corrected chi connectivity index (χ1v) is 7.38. The number of esters is 1. The Morgan fingerprint density at radius 1 is 1.29 bits per heavy atom. The fourth-order valence-corrected chi connectivity index (χ4v) is 2.51. The second-order valence-electron chi connectivity index (χ2n) is 5.38. The summed E-state index contributed by atoms with van der Waals surface area (Å²) in [4.78, 5) is 36.7. The molecule has 1 aromatic carbocycles. The molecule has 0 bridgehead atoms. The Bertz CT molecular complexity index is 832. The van der Waals surface area contributed by atoms with Crippen LogP contribution in [0.4, 0.5) is 4.39 Å². The van der Waals surface area contributed by atoms with Crippen LogP contribution in [-0.2, 0) is 9.47 Å². The number of aromatic nitrogens is 2. The van der Waals surface area contributed by atoms with Crippen LogP contribution in [0.1, 0.15) is 23.0 Å². The van der Waals surface area contributed by atoms with Crippen LogP contribution in [0.3, 0.4) is 0 Å². The lowest BCUT2D eigenvalue weighted by atomic mass is 10.2. The van der Waals surface area contributed by atoms with Crippen LogP contribution in [-0.4, -0.2) is 34.4 Å². The minimum atomic E-state index is -1.45. The van der Waals surface area contributed by atoms with Crippen LogP contribution < -0.4 is 11.2 Å². The number of benzene rings is 1. The van der Waals surface area contributed by atoms with Gasteiger partial charge in [0.15, 0.2) is 6.23 Å². The molecule has 0 saturated carbocycles. The second kappa shape index (κ2) is 6.79. The summed E-state index contributed by atoms with van der Waals surface area (Å²) in [5.74, 6) is -0.528. The number of hydrogen-bond donors (Lipinski definition) is 1. The molecule has 1 aliphatic heterocycles. The van der Waals surface area contributed by atoms with Crippen LogP contribution >= 0.6 is 0 Å². The summed E-state index contributed by atoms with van der Waals surface area (Å²) in [5, 5.41) is 0. The molecule has 24 heavy (non-hydrogen) atoms. The summed E-state index contributed by atoms with van der Waals surface area (Å²) in [5.41, 5.74) is -0.934. The molecule has 0 spiro atoms. The van der Waals surface area contributed by atoms with E-state index in [0.29, 0.717) is 5.56 Å². The van der Waals surface area contributed by atoms with E-state index in [1.54, 1.807) is 30.3 Å². The van der Waals surface area contributed by atoms with Crippen LogP contribution in [0.2, 0.25) is 0 Å². The van der Waals surface area contributed by atoms with Crippen molar-refractivity contribution in [3.63, 3.8) is 0 Å². The summed E-state index contributed by atoms with van der Waals surface area (Å²) in [6.45, 7) is -0.122. The monoisotopic (exact) mass is 334 g/mol. The van der Waals surface area contributed by atoms with Crippen molar-refractivity contribution in [1.82, 2.24) is 9.55 Å². The van der Waals surface area contributed by atoms with Gasteiger partial charge in [-0.05, 0) is 12.1 Å². The van der Waals surface area contributed by atoms with E-state index in [4.69, 9.17) is 9.47 Å². The number of carbonyl (C=O) groups is 1. The molecule has 3 atom stereocenters. The molecule has 8 heteroatoms. The van der Waals surface area contributed by atoms with E-state index in [2.05, 4.69) is 0 Å². The Morgan fingerprint density at radius 2 is 2.04 bits per heavy atom. The Morgan fingerprint density at radius 3 is 2.75 bits per heavy atom. The number of nitrogens with one attached hydrogen (secondary N) is 1. The molecule has 1 saturated heterocycles. The third kappa shape index (κ3) is 3.43. The highest BCUT2D eigenvalue weighted by Crippen LogP contribution is 2.30. The van der Waals surface area contributed by atoms with Crippen LogP contribution in [0.25, 0.3) is 0 Å². The average molecular weight is 334 g/mol. The molecule has 126 valence electrons. The summed E-state index contributed by atoms with van der Waals surface area (Å²) in [7, 11) is 0. The molecule has 2 heterocycles. The van der Waals surface area contributed by atoms with Crippen molar-refractivity contribution in [2.75, 3.05) is 6.61 Å². The van der Waals surface area contributed by atoms with Crippen molar-refractivity contribution >= 4 is 5.97 Å². The molecule has 1 N–H and O–H groups in total. The van der Waals surface area contributed by atoms with Gasteiger partial charge >= 0.3 is 11.7 Å². The Hall–Kier alpha value is -2.74. The Kier molecular flexibility index (Phi) is 4.57. The smallest absolute Gasteiger partial charge is 0.338 e. The van der Waals surface area contributed by atoms with E-state index in [9.17, 15) is 18.8 Å². The van der Waals surface area contributed by atoms with E-state index >= 15 is 0 Å². The molecular weight excluding hydrogens is 319 g/mol. The molecule has 1 aromatic heterocycles. The van der Waals surface area contributed by atoms with Gasteiger partial charge in [-0.3, -0.25) is 14.3 Å². The van der Waals surface area contributed by atoms with Gasteiger partial charge < -0.3 is 9.47 Å². The number of aromatic amines is 1. The zero-order chi connectivity index (χ0) is 17.1. The van der Waals surface area contributed by atoms with E-state index in [0.717, 1.165) is 10.6 Å². The summed E-state index contributed by atoms with van der Waals surface area (Å²) >= 11 is 0. The Labute approximate surface area is 135 Å². The maximum absolute atomic E-state index is 14.1. The van der Waals surface area contributed by atoms with E-state index in [-0.39, 0.29) is 13.0 Å². The number of H-pyrrole nitrogens is 1. The molecule has 0 aliphatic carbocycles. The second-order valence-corrected chi connectivity index (χ2v) is 5.38. The number of alkyl halides is 1. The van der Waals surface area contributed by atoms with Crippen LogP contribution in [0.5, 0.6) is 0 Å². The highest BCUT2D eigenvalue weighted by atomic mass is 19.1. The lowest BCUT2D eigenvalue weighted by molar-refractivity contribution is -0.0456. The van der Waals surface area contributed by atoms with Gasteiger partial charge in [0.05, 0.1) is 11.7 Å². The van der Waals surface area contributed by atoms with Crippen LogP contribution in [0.15, 0.2) is 52.2 Å². The fraction of sp³-hybridized carbons (Fsp3) is 0.312. The molecule has 1 fully saturated rings. The van der Waals surface area contributed by atoms with E-state index in [1.165, 1.54) is 6.20 Å². The first kappa shape index (κ1) is 16.1. The first-order valence-electron chi connectivity index (χ1n) is 7.38. The predicted molar refractivity (Wildman–Crippen MR) is 81.5 cm³/mol. The molecule has 2 aromatic rings. The highest BCUT2D eigenvalue weighted by Gasteiger charge is 2.37. The van der Waals surface area contributed by atoms with Crippen molar-refractivity contribution in [2.24, 2.45) is 0 Å². The van der Waals surface area contributed by atoms with Crippen molar-refractivity contribution < 1.29 is 18.7 Å². The zero-order valence-electron chi connectivity index (χ0n) is 12.6. The number of nitrogens with zero attached hydrogens (tertiary/aromatic N) is 1. The van der Waals surface area contributed by atoms with Gasteiger partial charge in [0.2, 0.25) is 0 Å². The largest absolute Gasteiger partial charge is 0.459 e. The van der Waals surface area contributed by atoms with Gasteiger partial charge in [0.1, 0.15) is 12.8 Å². The fourth-order valence-electron chi connectivity index (χ4n) is 2.51. The maximum atomic E-state index is 14.1. The lowest BCUT2D eigenvalue weighted by Crippen LogP contribution is -2.34. The minimum Gasteiger partial charge on any atom is -0.459 e. The lowest BCUT2D eigenvalue weighted by Gasteiger charge is -2.16. The molecule has 0 unspecified atom stereocenters. The van der Waals surface area contributed by atoms with Gasteiger partial charge in [-0.2, -0.15) is 0 Å². The van der Waals surface area contributed by atoms with Crippen molar-refractivity contribution in [1.29, 1.82) is 0 Å². The normalized spacial score (nSPS) is 23.1. The van der Waals surface area contributed by atoms with E-state index < -0.39 is 35.7 Å². The predicted octanol–water partition coefficient (Wildman–Crippen LogP) is 1.02. The minimum absolute atomic E-state index is 0.0156. The third-order valence-electron chi connectivity index (χ3n) is 3.66. The molecular formula is C16H15FN2O5. The quantitative estimate of drug-likeness (QED) is 0.843. The number of hydrogen-bond acceptors (Lipinski definition) is 5. The third-order valence-corrected chi connectivity index (χ3v) is 3.66. The van der Waals surface area contributed by atoms with Gasteiger partial charge in [-0.25, -0.2) is 14.0 Å². The maximum Gasteiger partial charge on any atom is 0.338 e. The van der Waals surface area contributed by atoms with Gasteiger partial charge in [-0.1, -0.05) is 18.2 Å². The van der Waals surface area contributed by atoms with Gasteiger partial charge in [-0.15, -0.1) is 0 Å². The number of ether oxygens (including phenoxy) is 2. The average Bonchev–Trinajstić information content (AvgIpc) is 2.94. The zero-order valence-corrected chi connectivity index (χ0v) is 12.6. The van der Waals surface area contributed by atoms with Crippen molar-refractivity contribution in [2.45, 2.75) is 24.9 Å². The Balaban J connectivity index is 1.63. The topological polar surface area (TPSA) is 90.4 Å². The standard InChI is InChI=1S/C16H15FN2O5/c17-12-8-11(9-23-15(21)10-4-2-1-3-5-10)24-14(12)19-7-6-13(20)18-16(19)22/h1-7,11-12,14H,8-9H2,(H,18,20,22)/t11-,12+,14+/m1/s1. The first-order chi connectivity index (χ1) is 11.5. The molecule has 0 radical (unpaired) electrons. The summed E-state index contributed by atoms with van der Waals surface area (Å²) < 4.78 is 25.7. The summed E-state index contributed by atoms with van der Waals surface area (Å²) in [6, 6.07) is 9.52. The summed E-state index contributed by atoms with van der Waals surface area (Å²) in [6.07, 6.45) is -2.12. The molecule has 1 aliphatic rings. The van der Waals surface area contributed by atoms with E-state index in [1.807, 2.05) is 4.98 Å². The van der Waals surface area contributed by atoms with Gasteiger partial charge in [0.25, 0.3) is 5.56 Å². The SMILES string of the molecule is O=C(OC[C@H]1C[C@H](F)[C@@H](n2ccc(=O)[nH]c2=O)O1)c1ccccc1. The molecule has 0 amide bonds. The van der Waals surface area contributed by atoms with Gasteiger partial charge in [0, 0.05) is 18.7 Å². The number of carbonyl (C=O) groups excluding carboxylic acids is 1. The number of halogens is 1. The highest BCUT2D eigenvalue weighted by molar-refractivity contribution is 5.89. The van der Waals surface area contributed by atoms with Crippen molar-refractivity contribution in [3.05, 3.63) is 69.0 Å². The van der Waals surface area contributed by atoms with Crippen molar-refractivity contribution in [3.8, 4) is 0 Å².